The summed E-state index contributed by atoms with van der Waals surface area (Å²) in [4.78, 5) is 4.33. The van der Waals surface area contributed by atoms with Gasteiger partial charge in [-0.3, -0.25) is 4.98 Å². The van der Waals surface area contributed by atoms with Crippen molar-refractivity contribution in [1.82, 2.24) is 4.98 Å². The molecule has 2 aromatic carbocycles. The van der Waals surface area contributed by atoms with Gasteiger partial charge >= 0.3 is 0 Å². The summed E-state index contributed by atoms with van der Waals surface area (Å²) in [7, 11) is 0. The van der Waals surface area contributed by atoms with Crippen molar-refractivity contribution in [3.8, 4) is 22.4 Å². The fraction of sp³-hybridized carbons (Fsp3) is 0. The summed E-state index contributed by atoms with van der Waals surface area (Å²) in [5, 5.41) is 0. The average Bonchev–Trinajstić information content (AvgIpc) is 2.48. The van der Waals surface area contributed by atoms with Crippen LogP contribution in [0.15, 0.2) is 66.9 Å². The molecule has 0 fully saturated rings. The summed E-state index contributed by atoms with van der Waals surface area (Å²) in [6, 6.07) is 16.2. The highest BCUT2D eigenvalue weighted by Crippen LogP contribution is 2.30. The molecule has 3 rings (SSSR count). The van der Waals surface area contributed by atoms with E-state index in [1.165, 1.54) is 24.3 Å². The number of pyridine rings is 1. The maximum absolute atomic E-state index is 13.4. The van der Waals surface area contributed by atoms with Crippen LogP contribution in [0.4, 0.5) is 8.78 Å². The van der Waals surface area contributed by atoms with Gasteiger partial charge < -0.3 is 0 Å². The predicted molar refractivity (Wildman–Crippen MR) is 75.0 cm³/mol. The van der Waals surface area contributed by atoms with Crippen LogP contribution in [0, 0.1) is 11.6 Å². The minimum absolute atomic E-state index is 0.287. The Morgan fingerprint density at radius 3 is 2.25 bits per heavy atom. The molecule has 0 spiro atoms. The quantitative estimate of drug-likeness (QED) is 0.656. The molecule has 0 radical (unpaired) electrons. The van der Waals surface area contributed by atoms with Gasteiger partial charge in [0.1, 0.15) is 11.6 Å². The SMILES string of the molecule is Fc1ccc(-c2cccnc2-c2cccc(F)c2)cc1. The minimum atomic E-state index is -0.307. The number of benzene rings is 2. The van der Waals surface area contributed by atoms with Crippen molar-refractivity contribution in [3.63, 3.8) is 0 Å². The Bertz CT molecular complexity index is 736. The van der Waals surface area contributed by atoms with Crippen molar-refractivity contribution < 1.29 is 8.78 Å². The summed E-state index contributed by atoms with van der Waals surface area (Å²) in [5.41, 5.74) is 3.07. The van der Waals surface area contributed by atoms with Crippen molar-refractivity contribution >= 4 is 0 Å². The molecule has 3 heteroatoms. The highest BCUT2D eigenvalue weighted by molar-refractivity contribution is 5.80. The monoisotopic (exact) mass is 267 g/mol. The van der Waals surface area contributed by atoms with E-state index in [-0.39, 0.29) is 11.6 Å². The zero-order chi connectivity index (χ0) is 13.9. The lowest BCUT2D eigenvalue weighted by Gasteiger charge is -2.09. The van der Waals surface area contributed by atoms with Crippen molar-refractivity contribution in [2.75, 3.05) is 0 Å². The first-order chi connectivity index (χ1) is 9.74. The largest absolute Gasteiger partial charge is 0.256 e. The maximum Gasteiger partial charge on any atom is 0.123 e. The van der Waals surface area contributed by atoms with Crippen LogP contribution in [0.5, 0.6) is 0 Å². The average molecular weight is 267 g/mol. The molecule has 0 saturated heterocycles. The highest BCUT2D eigenvalue weighted by Gasteiger charge is 2.09. The Morgan fingerprint density at radius 1 is 0.700 bits per heavy atom. The zero-order valence-electron chi connectivity index (χ0n) is 10.6. The molecule has 20 heavy (non-hydrogen) atoms. The van der Waals surface area contributed by atoms with Gasteiger partial charge in [-0.1, -0.05) is 30.3 Å². The molecule has 0 amide bonds. The lowest BCUT2D eigenvalue weighted by Crippen LogP contribution is -1.89. The van der Waals surface area contributed by atoms with Crippen LogP contribution in [0.1, 0.15) is 0 Å². The Morgan fingerprint density at radius 2 is 1.50 bits per heavy atom. The third-order valence-electron chi connectivity index (χ3n) is 3.06. The number of nitrogens with zero attached hydrogens (tertiary/aromatic N) is 1. The molecule has 1 heterocycles. The highest BCUT2D eigenvalue weighted by atomic mass is 19.1. The Balaban J connectivity index is 2.16. The number of rotatable bonds is 2. The zero-order valence-corrected chi connectivity index (χ0v) is 10.6. The van der Waals surface area contributed by atoms with E-state index in [2.05, 4.69) is 4.98 Å². The van der Waals surface area contributed by atoms with E-state index in [0.29, 0.717) is 11.3 Å². The molecule has 0 saturated carbocycles. The second kappa shape index (κ2) is 5.21. The fourth-order valence-electron chi connectivity index (χ4n) is 2.13. The number of hydrogen-bond acceptors (Lipinski definition) is 1. The molecule has 0 atom stereocenters. The van der Waals surface area contributed by atoms with Gasteiger partial charge in [0.15, 0.2) is 0 Å². The van der Waals surface area contributed by atoms with Crippen LogP contribution in [0.2, 0.25) is 0 Å². The summed E-state index contributed by atoms with van der Waals surface area (Å²) < 4.78 is 26.4. The molecule has 0 unspecified atom stereocenters. The molecule has 0 N–H and O–H groups in total. The third kappa shape index (κ3) is 2.43. The van der Waals surface area contributed by atoms with Gasteiger partial charge in [0.2, 0.25) is 0 Å². The lowest BCUT2D eigenvalue weighted by atomic mass is 9.99. The van der Waals surface area contributed by atoms with E-state index in [4.69, 9.17) is 0 Å². The van der Waals surface area contributed by atoms with E-state index in [1.54, 1.807) is 30.5 Å². The van der Waals surface area contributed by atoms with Crippen LogP contribution in [-0.4, -0.2) is 4.98 Å². The molecule has 0 bridgehead atoms. The van der Waals surface area contributed by atoms with Gasteiger partial charge in [-0.15, -0.1) is 0 Å². The van der Waals surface area contributed by atoms with Gasteiger partial charge in [-0.25, -0.2) is 8.78 Å². The second-order valence-corrected chi connectivity index (χ2v) is 4.42. The molecule has 1 aromatic heterocycles. The lowest BCUT2D eigenvalue weighted by molar-refractivity contribution is 0.628. The molecule has 0 aliphatic rings. The molecule has 0 aliphatic heterocycles. The van der Waals surface area contributed by atoms with E-state index >= 15 is 0 Å². The van der Waals surface area contributed by atoms with E-state index in [0.717, 1.165) is 11.1 Å². The van der Waals surface area contributed by atoms with E-state index in [1.807, 2.05) is 12.1 Å². The minimum Gasteiger partial charge on any atom is -0.256 e. The van der Waals surface area contributed by atoms with Crippen molar-refractivity contribution in [2.24, 2.45) is 0 Å². The smallest absolute Gasteiger partial charge is 0.123 e. The van der Waals surface area contributed by atoms with Gasteiger partial charge in [-0.05, 0) is 35.9 Å². The Hall–Kier alpha value is -2.55. The first-order valence-electron chi connectivity index (χ1n) is 6.21. The third-order valence-corrected chi connectivity index (χ3v) is 3.06. The molecular weight excluding hydrogens is 256 g/mol. The fourth-order valence-corrected chi connectivity index (χ4v) is 2.13. The number of hydrogen-bond donors (Lipinski definition) is 0. The van der Waals surface area contributed by atoms with Crippen LogP contribution in [0.25, 0.3) is 22.4 Å². The topological polar surface area (TPSA) is 12.9 Å². The van der Waals surface area contributed by atoms with Crippen LogP contribution >= 0.6 is 0 Å². The van der Waals surface area contributed by atoms with Gasteiger partial charge in [0.05, 0.1) is 5.69 Å². The molecule has 0 aliphatic carbocycles. The van der Waals surface area contributed by atoms with Crippen LogP contribution in [0.3, 0.4) is 0 Å². The van der Waals surface area contributed by atoms with Crippen molar-refractivity contribution in [3.05, 3.63) is 78.5 Å². The first-order valence-corrected chi connectivity index (χ1v) is 6.21. The normalized spacial score (nSPS) is 10.5. The molecule has 1 nitrogen and oxygen atoms in total. The Labute approximate surface area is 115 Å². The van der Waals surface area contributed by atoms with E-state index in [9.17, 15) is 8.78 Å². The molecule has 3 aromatic rings. The summed E-state index contributed by atoms with van der Waals surface area (Å²) in [6.07, 6.45) is 1.66. The molecular formula is C17H11F2N. The van der Waals surface area contributed by atoms with Gasteiger partial charge in [0, 0.05) is 17.3 Å². The predicted octanol–water partition coefficient (Wildman–Crippen LogP) is 4.69. The number of halogens is 2. The summed E-state index contributed by atoms with van der Waals surface area (Å²) >= 11 is 0. The van der Waals surface area contributed by atoms with Crippen molar-refractivity contribution in [2.45, 2.75) is 0 Å². The summed E-state index contributed by atoms with van der Waals surface area (Å²) in [5.74, 6) is -0.594. The van der Waals surface area contributed by atoms with Crippen LogP contribution < -0.4 is 0 Å². The van der Waals surface area contributed by atoms with Gasteiger partial charge in [0.25, 0.3) is 0 Å². The summed E-state index contributed by atoms with van der Waals surface area (Å²) in [6.45, 7) is 0. The standard InChI is InChI=1S/C17H11F2N/c18-14-8-6-12(7-9-14)16-5-2-10-20-17(16)13-3-1-4-15(19)11-13/h1-11H. The maximum atomic E-state index is 13.4. The van der Waals surface area contributed by atoms with E-state index < -0.39 is 0 Å². The first kappa shape index (κ1) is 12.5. The van der Waals surface area contributed by atoms with Crippen LogP contribution in [-0.2, 0) is 0 Å². The second-order valence-electron chi connectivity index (χ2n) is 4.42. The Kier molecular flexibility index (Phi) is 3.25. The van der Waals surface area contributed by atoms with Gasteiger partial charge in [-0.2, -0.15) is 0 Å². The number of aromatic nitrogens is 1. The molecule has 98 valence electrons. The van der Waals surface area contributed by atoms with Crippen molar-refractivity contribution in [1.29, 1.82) is 0 Å².